The third-order valence-electron chi connectivity index (χ3n) is 3.42. The van der Waals surface area contributed by atoms with Crippen LogP contribution in [0.1, 0.15) is 18.4 Å². The predicted octanol–water partition coefficient (Wildman–Crippen LogP) is 3.90. The van der Waals surface area contributed by atoms with Crippen LogP contribution in [-0.4, -0.2) is 15.8 Å². The lowest BCUT2D eigenvalue weighted by atomic mass is 10.00. The fraction of sp³-hybridized carbons (Fsp3) is 0.133. The average Bonchev–Trinajstić information content (AvgIpc) is 2.55. The van der Waals surface area contributed by atoms with Crippen molar-refractivity contribution in [3.05, 3.63) is 73.3 Å². The number of anilines is 1. The Morgan fingerprint density at radius 3 is 2.12 bits per heavy atom. The van der Waals surface area contributed by atoms with E-state index in [0.717, 1.165) is 0 Å². The van der Waals surface area contributed by atoms with Crippen molar-refractivity contribution in [1.82, 2.24) is 0 Å². The molecule has 124 valence electrons. The quantitative estimate of drug-likeness (QED) is 0.649. The number of carbonyl (C=O) groups excluding carboxylic acids is 1. The van der Waals surface area contributed by atoms with Crippen LogP contribution in [0.2, 0.25) is 5.02 Å². The van der Waals surface area contributed by atoms with Crippen molar-refractivity contribution in [3.63, 3.8) is 0 Å². The molecule has 1 N–H and O–H groups in total. The summed E-state index contributed by atoms with van der Waals surface area (Å²) in [5, 5.41) is 24.1. The minimum Gasteiger partial charge on any atom is -0.324 e. The standard InChI is InChI=1S/C15H12ClN3O5/c1-9(10-2-4-11(5-3-10)18(21)22)15(20)17-14-8-12(19(23)24)6-7-13(14)16/h2-9H,1H3,(H,17,20). The number of carbonyl (C=O) groups is 1. The summed E-state index contributed by atoms with van der Waals surface area (Å²) >= 11 is 5.94. The monoisotopic (exact) mass is 349 g/mol. The van der Waals surface area contributed by atoms with Gasteiger partial charge in [0.2, 0.25) is 5.91 Å². The summed E-state index contributed by atoms with van der Waals surface area (Å²) in [7, 11) is 0. The van der Waals surface area contributed by atoms with Crippen molar-refractivity contribution >= 4 is 34.6 Å². The van der Waals surface area contributed by atoms with Gasteiger partial charge in [-0.3, -0.25) is 25.0 Å². The first-order chi connectivity index (χ1) is 11.3. The van der Waals surface area contributed by atoms with Gasteiger partial charge < -0.3 is 5.32 Å². The predicted molar refractivity (Wildman–Crippen MR) is 88.2 cm³/mol. The summed E-state index contributed by atoms with van der Waals surface area (Å²) in [6.07, 6.45) is 0. The first-order valence-corrected chi connectivity index (χ1v) is 7.16. The zero-order valence-electron chi connectivity index (χ0n) is 12.4. The Morgan fingerprint density at radius 1 is 1.04 bits per heavy atom. The minimum absolute atomic E-state index is 0.0758. The highest BCUT2D eigenvalue weighted by Crippen LogP contribution is 2.28. The fourth-order valence-corrected chi connectivity index (χ4v) is 2.16. The van der Waals surface area contributed by atoms with Crippen LogP contribution < -0.4 is 5.32 Å². The van der Waals surface area contributed by atoms with Gasteiger partial charge >= 0.3 is 0 Å². The summed E-state index contributed by atoms with van der Waals surface area (Å²) < 4.78 is 0. The maximum Gasteiger partial charge on any atom is 0.271 e. The summed E-state index contributed by atoms with van der Waals surface area (Å²) in [6.45, 7) is 1.61. The van der Waals surface area contributed by atoms with E-state index in [0.29, 0.717) is 5.56 Å². The van der Waals surface area contributed by atoms with Gasteiger partial charge in [0.05, 0.1) is 26.5 Å². The normalized spacial score (nSPS) is 11.6. The van der Waals surface area contributed by atoms with Crippen molar-refractivity contribution in [2.45, 2.75) is 12.8 Å². The second-order valence-corrected chi connectivity index (χ2v) is 5.39. The molecule has 0 bridgehead atoms. The fourth-order valence-electron chi connectivity index (χ4n) is 2.00. The topological polar surface area (TPSA) is 115 Å². The van der Waals surface area contributed by atoms with Gasteiger partial charge in [-0.05, 0) is 18.6 Å². The molecule has 0 saturated carbocycles. The number of hydrogen-bond acceptors (Lipinski definition) is 5. The van der Waals surface area contributed by atoms with E-state index in [4.69, 9.17) is 11.6 Å². The highest BCUT2D eigenvalue weighted by atomic mass is 35.5. The van der Waals surface area contributed by atoms with Crippen LogP contribution in [0, 0.1) is 20.2 Å². The molecule has 0 saturated heterocycles. The molecule has 2 rings (SSSR count). The molecule has 9 heteroatoms. The lowest BCUT2D eigenvalue weighted by Gasteiger charge is -2.13. The molecule has 1 atom stereocenters. The number of hydrogen-bond donors (Lipinski definition) is 1. The second-order valence-electron chi connectivity index (χ2n) is 4.98. The van der Waals surface area contributed by atoms with Crippen LogP contribution in [0.4, 0.5) is 17.1 Å². The number of nitro benzene ring substituents is 2. The number of benzene rings is 2. The van der Waals surface area contributed by atoms with E-state index >= 15 is 0 Å². The summed E-state index contributed by atoms with van der Waals surface area (Å²) in [5.41, 5.74) is 0.426. The van der Waals surface area contributed by atoms with Gasteiger partial charge in [0.1, 0.15) is 0 Å². The van der Waals surface area contributed by atoms with Gasteiger partial charge in [0.25, 0.3) is 11.4 Å². The lowest BCUT2D eigenvalue weighted by molar-refractivity contribution is -0.385. The largest absolute Gasteiger partial charge is 0.324 e. The van der Waals surface area contributed by atoms with Crippen molar-refractivity contribution in [2.75, 3.05) is 5.32 Å². The smallest absolute Gasteiger partial charge is 0.271 e. The zero-order chi connectivity index (χ0) is 17.9. The molecule has 24 heavy (non-hydrogen) atoms. The van der Waals surface area contributed by atoms with Crippen LogP contribution in [-0.2, 0) is 4.79 Å². The molecule has 2 aromatic carbocycles. The van der Waals surface area contributed by atoms with Crippen LogP contribution in [0.15, 0.2) is 42.5 Å². The third-order valence-corrected chi connectivity index (χ3v) is 3.75. The molecular weight excluding hydrogens is 338 g/mol. The molecule has 0 spiro atoms. The summed E-state index contributed by atoms with van der Waals surface area (Å²) in [4.78, 5) is 32.6. The maximum atomic E-state index is 12.3. The summed E-state index contributed by atoms with van der Waals surface area (Å²) in [6, 6.07) is 9.31. The Balaban J connectivity index is 2.18. The Kier molecular flexibility index (Phi) is 5.10. The number of nitrogens with one attached hydrogen (secondary N) is 1. The Labute approximate surface area is 141 Å². The molecule has 0 heterocycles. The average molecular weight is 350 g/mol. The van der Waals surface area contributed by atoms with Gasteiger partial charge in [0.15, 0.2) is 0 Å². The van der Waals surface area contributed by atoms with Crippen LogP contribution in [0.25, 0.3) is 0 Å². The number of halogens is 1. The van der Waals surface area contributed by atoms with Gasteiger partial charge in [0, 0.05) is 24.3 Å². The van der Waals surface area contributed by atoms with Gasteiger partial charge in [-0.2, -0.15) is 0 Å². The highest BCUT2D eigenvalue weighted by Gasteiger charge is 2.19. The molecule has 0 aliphatic heterocycles. The van der Waals surface area contributed by atoms with Gasteiger partial charge in [-0.1, -0.05) is 23.7 Å². The summed E-state index contributed by atoms with van der Waals surface area (Å²) in [5.74, 6) is -1.06. The highest BCUT2D eigenvalue weighted by molar-refractivity contribution is 6.33. The molecule has 0 fully saturated rings. The molecule has 2 aromatic rings. The van der Waals surface area contributed by atoms with E-state index in [-0.39, 0.29) is 22.1 Å². The molecule has 0 aliphatic rings. The van der Waals surface area contributed by atoms with Crippen LogP contribution in [0.5, 0.6) is 0 Å². The number of nitro groups is 2. The van der Waals surface area contributed by atoms with Crippen molar-refractivity contribution in [2.24, 2.45) is 0 Å². The minimum atomic E-state index is -0.624. The number of nitrogens with zero attached hydrogens (tertiary/aromatic N) is 2. The Bertz CT molecular complexity index is 807. The van der Waals surface area contributed by atoms with Gasteiger partial charge in [-0.15, -0.1) is 0 Å². The SMILES string of the molecule is CC(C(=O)Nc1cc([N+](=O)[O-])ccc1Cl)c1ccc([N+](=O)[O-])cc1. The molecule has 0 aromatic heterocycles. The van der Waals surface area contributed by atoms with Crippen molar-refractivity contribution < 1.29 is 14.6 Å². The van der Waals surface area contributed by atoms with Crippen LogP contribution >= 0.6 is 11.6 Å². The molecule has 0 radical (unpaired) electrons. The molecule has 0 aliphatic carbocycles. The lowest BCUT2D eigenvalue weighted by Crippen LogP contribution is -2.19. The van der Waals surface area contributed by atoms with E-state index in [2.05, 4.69) is 5.32 Å². The molecule has 1 amide bonds. The molecular formula is C15H12ClN3O5. The van der Waals surface area contributed by atoms with E-state index in [1.54, 1.807) is 6.92 Å². The molecule has 8 nitrogen and oxygen atoms in total. The number of rotatable bonds is 5. The second kappa shape index (κ2) is 7.05. The van der Waals surface area contributed by atoms with E-state index < -0.39 is 21.7 Å². The van der Waals surface area contributed by atoms with E-state index in [1.807, 2.05) is 0 Å². The van der Waals surface area contributed by atoms with E-state index in [1.165, 1.54) is 42.5 Å². The Hall–Kier alpha value is -3.00. The third kappa shape index (κ3) is 3.85. The van der Waals surface area contributed by atoms with E-state index in [9.17, 15) is 25.0 Å². The van der Waals surface area contributed by atoms with Crippen LogP contribution in [0.3, 0.4) is 0 Å². The molecule has 1 unspecified atom stereocenters. The number of non-ortho nitro benzene ring substituents is 2. The van der Waals surface area contributed by atoms with Crippen molar-refractivity contribution in [3.8, 4) is 0 Å². The zero-order valence-corrected chi connectivity index (χ0v) is 13.2. The maximum absolute atomic E-state index is 12.3. The van der Waals surface area contributed by atoms with Gasteiger partial charge in [-0.25, -0.2) is 0 Å². The Morgan fingerprint density at radius 2 is 1.58 bits per heavy atom. The van der Waals surface area contributed by atoms with Crippen molar-refractivity contribution in [1.29, 1.82) is 0 Å². The first-order valence-electron chi connectivity index (χ1n) is 6.78. The number of amides is 1. The first kappa shape index (κ1) is 17.4.